The molecular weight excluding hydrogens is 775 g/mol. The van der Waals surface area contributed by atoms with Crippen LogP contribution in [0, 0.1) is 5.92 Å². The van der Waals surface area contributed by atoms with Crippen molar-refractivity contribution in [3.8, 4) is 22.6 Å². The van der Waals surface area contributed by atoms with Gasteiger partial charge in [0.15, 0.2) is 0 Å². The number of imide groups is 2. The molecule has 2 N–H and O–H groups in total. The topological polar surface area (TPSA) is 173 Å². The fourth-order valence-corrected chi connectivity index (χ4v) is 8.07. The van der Waals surface area contributed by atoms with Crippen LogP contribution < -0.4 is 20.3 Å². The maximum atomic E-state index is 13.1. The molecule has 0 radical (unpaired) electrons. The molecular formula is C45H53N11O5. The lowest BCUT2D eigenvalue weighted by Crippen LogP contribution is -2.54. The van der Waals surface area contributed by atoms with Crippen molar-refractivity contribution in [3.63, 3.8) is 0 Å². The molecule has 0 bridgehead atoms. The van der Waals surface area contributed by atoms with Gasteiger partial charge in [-0.2, -0.15) is 5.10 Å². The number of aromatic nitrogens is 6. The number of unbranched alkanes of at least 4 members (excludes halogenated alkanes) is 4. The SMILES string of the molecule is CC(C)COc1cnccc1-c1cnn(-c2ccc(N3CCN(Cc4cn(CCCCCCCNc5ccc6c(c5)C(=O)N(C5CCC(=O)NC5=O)C6=O)nn4)CC3)cc2)c1. The lowest BCUT2D eigenvalue weighted by molar-refractivity contribution is -0.136. The summed E-state index contributed by atoms with van der Waals surface area (Å²) in [6.45, 7) is 11.0. The Morgan fingerprint density at radius 2 is 1.61 bits per heavy atom. The van der Waals surface area contributed by atoms with E-state index in [1.54, 1.807) is 30.6 Å². The Bertz CT molecular complexity index is 2350. The first kappa shape index (κ1) is 41.3. The number of nitrogens with zero attached hydrogens (tertiary/aromatic N) is 9. The molecule has 5 aromatic rings. The zero-order valence-electron chi connectivity index (χ0n) is 34.8. The Kier molecular flexibility index (Phi) is 12.8. The van der Waals surface area contributed by atoms with E-state index >= 15 is 0 Å². The molecule has 1 unspecified atom stereocenters. The van der Waals surface area contributed by atoms with Crippen molar-refractivity contribution in [1.29, 1.82) is 0 Å². The summed E-state index contributed by atoms with van der Waals surface area (Å²) in [5, 5.41) is 19.1. The molecule has 16 nitrogen and oxygen atoms in total. The number of benzene rings is 2. The van der Waals surface area contributed by atoms with Crippen molar-refractivity contribution < 1.29 is 23.9 Å². The molecule has 0 aliphatic carbocycles. The Morgan fingerprint density at radius 1 is 0.836 bits per heavy atom. The number of carbonyl (C=O) groups is 4. The first-order valence-corrected chi connectivity index (χ1v) is 21.4. The maximum Gasteiger partial charge on any atom is 0.262 e. The summed E-state index contributed by atoms with van der Waals surface area (Å²) in [7, 11) is 0. The molecule has 6 heterocycles. The molecule has 2 fully saturated rings. The average molecular weight is 828 g/mol. The number of hydrogen-bond acceptors (Lipinski definition) is 12. The second-order valence-corrected chi connectivity index (χ2v) is 16.4. The zero-order valence-corrected chi connectivity index (χ0v) is 34.8. The summed E-state index contributed by atoms with van der Waals surface area (Å²) in [5.41, 5.74) is 6.48. The quantitative estimate of drug-likeness (QED) is 0.0859. The number of piperidine rings is 1. The number of ether oxygens (including phenoxy) is 1. The van der Waals surface area contributed by atoms with Crippen LogP contribution in [0.2, 0.25) is 0 Å². The van der Waals surface area contributed by atoms with Gasteiger partial charge in [-0.05, 0) is 73.7 Å². The van der Waals surface area contributed by atoms with Crippen LogP contribution in [-0.2, 0) is 22.7 Å². The number of hydrogen-bond donors (Lipinski definition) is 2. The third-order valence-electron chi connectivity index (χ3n) is 11.4. The van der Waals surface area contributed by atoms with Crippen molar-refractivity contribution in [2.24, 2.45) is 5.92 Å². The standard InChI is InChI=1S/C45H53N11O5/c1-31(2)30-61-41-26-46-18-16-37(41)32-25-48-55(27-32)36-11-9-35(10-12-36)53-22-20-52(21-23-53)28-34-29-54(51-50-34)19-7-5-3-4-6-17-47-33-8-13-38-39(24-33)45(60)56(44(38)59)40-14-15-42(57)49-43(40)58/h8-13,16,18,24-27,29,31,40,47H,3-7,14-15,17,19-23,28,30H2,1-2H3,(H,49,57,58). The molecule has 318 valence electrons. The lowest BCUT2D eigenvalue weighted by Gasteiger charge is -2.35. The Labute approximate surface area is 355 Å². The molecule has 3 aromatic heterocycles. The predicted octanol–water partition coefficient (Wildman–Crippen LogP) is 5.35. The highest BCUT2D eigenvalue weighted by molar-refractivity contribution is 6.23. The van der Waals surface area contributed by atoms with Crippen LogP contribution in [0.25, 0.3) is 16.8 Å². The predicted molar refractivity (Wildman–Crippen MR) is 229 cm³/mol. The second kappa shape index (κ2) is 18.9. The van der Waals surface area contributed by atoms with E-state index in [9.17, 15) is 19.2 Å². The highest BCUT2D eigenvalue weighted by Gasteiger charge is 2.44. The number of carbonyl (C=O) groups excluding carboxylic acids is 4. The third-order valence-corrected chi connectivity index (χ3v) is 11.4. The summed E-state index contributed by atoms with van der Waals surface area (Å²) in [5.74, 6) is -0.806. The highest BCUT2D eigenvalue weighted by Crippen LogP contribution is 2.31. The van der Waals surface area contributed by atoms with Gasteiger partial charge in [-0.25, -0.2) is 4.68 Å². The molecule has 8 rings (SSSR count). The average Bonchev–Trinajstić information content (AvgIpc) is 4.00. The minimum atomic E-state index is -0.966. The van der Waals surface area contributed by atoms with Gasteiger partial charge in [0.25, 0.3) is 11.8 Å². The maximum absolute atomic E-state index is 13.1. The van der Waals surface area contributed by atoms with E-state index in [1.807, 2.05) is 27.8 Å². The van der Waals surface area contributed by atoms with Gasteiger partial charge >= 0.3 is 0 Å². The van der Waals surface area contributed by atoms with E-state index in [0.717, 1.165) is 117 Å². The summed E-state index contributed by atoms with van der Waals surface area (Å²) in [6.07, 6.45) is 15.0. The van der Waals surface area contributed by atoms with Crippen molar-refractivity contribution in [1.82, 2.24) is 44.9 Å². The van der Waals surface area contributed by atoms with Crippen LogP contribution in [0.1, 0.15) is 85.2 Å². The smallest absolute Gasteiger partial charge is 0.262 e. The normalized spacial score (nSPS) is 17.0. The van der Waals surface area contributed by atoms with E-state index in [4.69, 9.17) is 4.74 Å². The molecule has 0 saturated carbocycles. The van der Waals surface area contributed by atoms with E-state index in [1.165, 1.54) is 5.69 Å². The molecule has 2 saturated heterocycles. The van der Waals surface area contributed by atoms with E-state index < -0.39 is 29.7 Å². The molecule has 2 aromatic carbocycles. The van der Waals surface area contributed by atoms with Gasteiger partial charge in [0.1, 0.15) is 11.8 Å². The van der Waals surface area contributed by atoms with Crippen LogP contribution in [0.3, 0.4) is 0 Å². The summed E-state index contributed by atoms with van der Waals surface area (Å²) < 4.78 is 9.87. The van der Waals surface area contributed by atoms with E-state index in [-0.39, 0.29) is 24.0 Å². The molecule has 3 aliphatic heterocycles. The first-order chi connectivity index (χ1) is 29.7. The zero-order chi connectivity index (χ0) is 42.3. The summed E-state index contributed by atoms with van der Waals surface area (Å²) >= 11 is 0. The van der Waals surface area contributed by atoms with Gasteiger partial charge in [0, 0.05) is 93.3 Å². The molecule has 3 aliphatic rings. The largest absolute Gasteiger partial charge is 0.491 e. The van der Waals surface area contributed by atoms with Crippen molar-refractivity contribution in [2.45, 2.75) is 77.9 Å². The molecule has 0 spiro atoms. The molecule has 61 heavy (non-hydrogen) atoms. The summed E-state index contributed by atoms with van der Waals surface area (Å²) in [4.78, 5) is 60.0. The Morgan fingerprint density at radius 3 is 2.41 bits per heavy atom. The van der Waals surface area contributed by atoms with Crippen LogP contribution in [0.4, 0.5) is 11.4 Å². The van der Waals surface area contributed by atoms with Gasteiger partial charge < -0.3 is 15.0 Å². The van der Waals surface area contributed by atoms with Gasteiger partial charge in [-0.15, -0.1) is 5.10 Å². The van der Waals surface area contributed by atoms with Crippen LogP contribution >= 0.6 is 0 Å². The fourth-order valence-electron chi connectivity index (χ4n) is 8.07. The molecule has 4 amide bonds. The number of amides is 4. The van der Waals surface area contributed by atoms with Crippen molar-refractivity contribution >= 4 is 35.0 Å². The van der Waals surface area contributed by atoms with Gasteiger partial charge in [0.2, 0.25) is 11.8 Å². The monoisotopic (exact) mass is 827 g/mol. The Balaban J connectivity index is 0.708. The van der Waals surface area contributed by atoms with Crippen molar-refractivity contribution in [2.75, 3.05) is 49.5 Å². The number of pyridine rings is 1. The number of nitrogens with one attached hydrogen (secondary N) is 2. The minimum Gasteiger partial charge on any atom is -0.491 e. The van der Waals surface area contributed by atoms with E-state index in [2.05, 4.69) is 85.1 Å². The van der Waals surface area contributed by atoms with Crippen LogP contribution in [0.5, 0.6) is 5.75 Å². The fraction of sp³-hybridized carbons (Fsp3) is 0.422. The van der Waals surface area contributed by atoms with Gasteiger partial charge in [-0.3, -0.25) is 44.0 Å². The second-order valence-electron chi connectivity index (χ2n) is 16.4. The number of aryl methyl sites for hydroxylation is 1. The lowest BCUT2D eigenvalue weighted by atomic mass is 10.0. The Hall–Kier alpha value is -6.42. The number of fused-ring (bicyclic) bond motifs is 1. The minimum absolute atomic E-state index is 0.0951. The van der Waals surface area contributed by atoms with E-state index in [0.29, 0.717) is 12.5 Å². The number of anilines is 2. The molecule has 1 atom stereocenters. The van der Waals surface area contributed by atoms with Crippen molar-refractivity contribution in [3.05, 3.63) is 96.3 Å². The third kappa shape index (κ3) is 9.80. The first-order valence-electron chi connectivity index (χ1n) is 21.4. The van der Waals surface area contributed by atoms with Crippen LogP contribution in [0.15, 0.2) is 79.5 Å². The summed E-state index contributed by atoms with van der Waals surface area (Å²) in [6, 6.07) is 14.7. The molecule has 16 heteroatoms. The number of rotatable bonds is 18. The van der Waals surface area contributed by atoms with Gasteiger partial charge in [0.05, 0.1) is 41.5 Å². The van der Waals surface area contributed by atoms with Gasteiger partial charge in [-0.1, -0.05) is 38.3 Å². The highest BCUT2D eigenvalue weighted by atomic mass is 16.5. The number of piperazine rings is 1. The van der Waals surface area contributed by atoms with Crippen LogP contribution in [-0.4, -0.2) is 109 Å².